The zero-order valence-corrected chi connectivity index (χ0v) is 12.1. The lowest BCUT2D eigenvalue weighted by molar-refractivity contribution is 0.299. The molecule has 0 amide bonds. The quantitative estimate of drug-likeness (QED) is 0.911. The van der Waals surface area contributed by atoms with Crippen LogP contribution in [-0.4, -0.2) is 18.8 Å². The van der Waals surface area contributed by atoms with Crippen molar-refractivity contribution in [2.75, 3.05) is 13.7 Å². The number of hydrogen-bond donors (Lipinski definition) is 1. The van der Waals surface area contributed by atoms with Crippen molar-refractivity contribution in [1.29, 1.82) is 0 Å². The van der Waals surface area contributed by atoms with Crippen LogP contribution in [0.15, 0.2) is 60.7 Å². The number of rotatable bonds is 4. The molecule has 0 aliphatic rings. The molecule has 0 saturated heterocycles. The van der Waals surface area contributed by atoms with Crippen molar-refractivity contribution < 1.29 is 9.84 Å². The maximum absolute atomic E-state index is 8.52. The van der Waals surface area contributed by atoms with Gasteiger partial charge in [-0.2, -0.15) is 0 Å². The van der Waals surface area contributed by atoms with Gasteiger partial charge in [-0.1, -0.05) is 54.6 Å². The Bertz CT molecular complexity index is 487. The summed E-state index contributed by atoms with van der Waals surface area (Å²) >= 11 is 0. The number of benzene rings is 2. The maximum Gasteiger partial charge on any atom is 0.118 e. The third kappa shape index (κ3) is 6.21. The van der Waals surface area contributed by atoms with Crippen LogP contribution in [0.5, 0.6) is 5.75 Å². The van der Waals surface area contributed by atoms with Crippen LogP contribution in [0.3, 0.4) is 0 Å². The largest absolute Gasteiger partial charge is 0.497 e. The van der Waals surface area contributed by atoms with E-state index in [1.54, 1.807) is 7.11 Å². The molecule has 1 N–H and O–H groups in total. The van der Waals surface area contributed by atoms with Gasteiger partial charge in [0.2, 0.25) is 0 Å². The molecule has 0 fully saturated rings. The summed E-state index contributed by atoms with van der Waals surface area (Å²) in [6, 6.07) is 17.9. The highest BCUT2D eigenvalue weighted by Crippen LogP contribution is 2.11. The highest BCUT2D eigenvalue weighted by Gasteiger charge is 1.88. The highest BCUT2D eigenvalue weighted by atomic mass is 16.5. The smallest absolute Gasteiger partial charge is 0.118 e. The lowest BCUT2D eigenvalue weighted by Gasteiger charge is -1.98. The molecule has 0 atom stereocenters. The third-order valence-corrected chi connectivity index (χ3v) is 2.72. The van der Waals surface area contributed by atoms with Crippen LogP contribution in [-0.2, 0) is 6.42 Å². The predicted octanol–water partition coefficient (Wildman–Crippen LogP) is 3.95. The standard InChI is InChI=1S/C10H12O.C8H10O/c1-3-4-9-5-7-10(11-2)8-6-9;9-7-6-8-4-2-1-3-5-8/h3-8H,1-2H3;1-5,9H,6-7H2/b4-3+;. The van der Waals surface area contributed by atoms with Crippen molar-refractivity contribution in [1.82, 2.24) is 0 Å². The van der Waals surface area contributed by atoms with Crippen molar-refractivity contribution >= 4 is 6.08 Å². The topological polar surface area (TPSA) is 29.5 Å². The van der Waals surface area contributed by atoms with E-state index in [1.807, 2.05) is 67.6 Å². The second-order valence-corrected chi connectivity index (χ2v) is 4.23. The number of hydrogen-bond acceptors (Lipinski definition) is 2. The molecular formula is C18H22O2. The van der Waals surface area contributed by atoms with Gasteiger partial charge >= 0.3 is 0 Å². The molecule has 20 heavy (non-hydrogen) atoms. The van der Waals surface area contributed by atoms with Gasteiger partial charge in [0.05, 0.1) is 7.11 Å². The molecule has 2 heteroatoms. The molecule has 0 aromatic heterocycles. The minimum Gasteiger partial charge on any atom is -0.497 e. The van der Waals surface area contributed by atoms with Gasteiger partial charge in [-0.15, -0.1) is 0 Å². The van der Waals surface area contributed by atoms with Crippen LogP contribution in [0.4, 0.5) is 0 Å². The van der Waals surface area contributed by atoms with Gasteiger partial charge in [-0.05, 0) is 36.6 Å². The fourth-order valence-electron chi connectivity index (χ4n) is 1.68. The summed E-state index contributed by atoms with van der Waals surface area (Å²) < 4.78 is 5.02. The minimum absolute atomic E-state index is 0.240. The Labute approximate surface area is 121 Å². The van der Waals surface area contributed by atoms with Crippen molar-refractivity contribution in [3.63, 3.8) is 0 Å². The lowest BCUT2D eigenvalue weighted by Crippen LogP contribution is -1.88. The molecule has 0 radical (unpaired) electrons. The van der Waals surface area contributed by atoms with Crippen molar-refractivity contribution in [3.05, 3.63) is 71.8 Å². The van der Waals surface area contributed by atoms with E-state index in [4.69, 9.17) is 9.84 Å². The fourth-order valence-corrected chi connectivity index (χ4v) is 1.68. The molecule has 0 heterocycles. The Kier molecular flexibility index (Phi) is 7.85. The van der Waals surface area contributed by atoms with Gasteiger partial charge in [0, 0.05) is 6.61 Å². The number of methoxy groups -OCH3 is 1. The van der Waals surface area contributed by atoms with E-state index in [0.717, 1.165) is 12.2 Å². The normalized spacial score (nSPS) is 9.95. The average molecular weight is 270 g/mol. The first-order chi connectivity index (χ1) is 9.80. The Hall–Kier alpha value is -2.06. The van der Waals surface area contributed by atoms with Gasteiger partial charge in [0.25, 0.3) is 0 Å². The summed E-state index contributed by atoms with van der Waals surface area (Å²) in [4.78, 5) is 0. The summed E-state index contributed by atoms with van der Waals surface area (Å²) in [5.41, 5.74) is 2.40. The average Bonchev–Trinajstić information content (AvgIpc) is 2.50. The number of ether oxygens (including phenoxy) is 1. The molecule has 106 valence electrons. The Morgan fingerprint density at radius 1 is 1.00 bits per heavy atom. The van der Waals surface area contributed by atoms with Gasteiger partial charge in [0.15, 0.2) is 0 Å². The van der Waals surface area contributed by atoms with E-state index in [9.17, 15) is 0 Å². The molecule has 0 aliphatic carbocycles. The number of allylic oxidation sites excluding steroid dienone is 1. The molecule has 2 aromatic carbocycles. The van der Waals surface area contributed by atoms with Gasteiger partial charge in [0.1, 0.15) is 5.75 Å². The summed E-state index contributed by atoms with van der Waals surface area (Å²) in [5, 5.41) is 8.52. The zero-order chi connectivity index (χ0) is 14.6. The molecule has 0 unspecified atom stereocenters. The van der Waals surface area contributed by atoms with Gasteiger partial charge in [-0.25, -0.2) is 0 Å². The van der Waals surface area contributed by atoms with Crippen molar-refractivity contribution in [3.8, 4) is 5.75 Å². The number of aliphatic hydroxyl groups is 1. The molecule has 0 saturated carbocycles. The van der Waals surface area contributed by atoms with E-state index < -0.39 is 0 Å². The SMILES string of the molecule is C/C=C/c1ccc(OC)cc1.OCCc1ccccc1. The summed E-state index contributed by atoms with van der Waals surface area (Å²) in [6.45, 7) is 2.24. The summed E-state index contributed by atoms with van der Waals surface area (Å²) in [7, 11) is 1.67. The van der Waals surface area contributed by atoms with E-state index in [0.29, 0.717) is 0 Å². The van der Waals surface area contributed by atoms with E-state index in [1.165, 1.54) is 11.1 Å². The fraction of sp³-hybridized carbons (Fsp3) is 0.222. The first kappa shape index (κ1) is 16.0. The molecule has 0 aliphatic heterocycles. The van der Waals surface area contributed by atoms with E-state index >= 15 is 0 Å². The predicted molar refractivity (Wildman–Crippen MR) is 84.9 cm³/mol. The van der Waals surface area contributed by atoms with Crippen LogP contribution < -0.4 is 4.74 Å². The second-order valence-electron chi connectivity index (χ2n) is 4.23. The molecule has 0 spiro atoms. The van der Waals surface area contributed by atoms with Crippen LogP contribution in [0.2, 0.25) is 0 Å². The number of aliphatic hydroxyl groups excluding tert-OH is 1. The zero-order valence-electron chi connectivity index (χ0n) is 12.1. The summed E-state index contributed by atoms with van der Waals surface area (Å²) in [6.07, 6.45) is 4.84. The van der Waals surface area contributed by atoms with Crippen LogP contribution in [0.25, 0.3) is 6.08 Å². The first-order valence-corrected chi connectivity index (χ1v) is 6.71. The van der Waals surface area contributed by atoms with Gasteiger partial charge < -0.3 is 9.84 Å². The van der Waals surface area contributed by atoms with Crippen LogP contribution >= 0.6 is 0 Å². The molecule has 0 bridgehead atoms. The lowest BCUT2D eigenvalue weighted by atomic mass is 10.2. The van der Waals surface area contributed by atoms with Crippen LogP contribution in [0, 0.1) is 0 Å². The monoisotopic (exact) mass is 270 g/mol. The molecular weight excluding hydrogens is 248 g/mol. The van der Waals surface area contributed by atoms with E-state index in [2.05, 4.69) is 6.08 Å². The Balaban J connectivity index is 0.000000204. The highest BCUT2D eigenvalue weighted by molar-refractivity contribution is 5.50. The first-order valence-electron chi connectivity index (χ1n) is 6.71. The molecule has 2 nitrogen and oxygen atoms in total. The Morgan fingerprint density at radius 2 is 1.65 bits per heavy atom. The Morgan fingerprint density at radius 3 is 2.15 bits per heavy atom. The maximum atomic E-state index is 8.52. The molecule has 2 rings (SSSR count). The van der Waals surface area contributed by atoms with Gasteiger partial charge in [-0.3, -0.25) is 0 Å². The van der Waals surface area contributed by atoms with Crippen molar-refractivity contribution in [2.45, 2.75) is 13.3 Å². The third-order valence-electron chi connectivity index (χ3n) is 2.72. The van der Waals surface area contributed by atoms with E-state index in [-0.39, 0.29) is 6.61 Å². The minimum atomic E-state index is 0.240. The summed E-state index contributed by atoms with van der Waals surface area (Å²) in [5.74, 6) is 0.901. The van der Waals surface area contributed by atoms with Crippen LogP contribution in [0.1, 0.15) is 18.1 Å². The van der Waals surface area contributed by atoms with Crippen molar-refractivity contribution in [2.24, 2.45) is 0 Å². The second kappa shape index (κ2) is 9.82. The molecule has 2 aromatic rings.